The summed E-state index contributed by atoms with van der Waals surface area (Å²) in [5.74, 6) is 4.18. The van der Waals surface area contributed by atoms with Gasteiger partial charge in [-0.3, -0.25) is 4.68 Å². The summed E-state index contributed by atoms with van der Waals surface area (Å²) in [4.78, 5) is 4.83. The summed E-state index contributed by atoms with van der Waals surface area (Å²) in [6.07, 6.45) is 8.62. The SMILES string of the molecule is CCCc1ccnc(-n2c3[c-]c(Oc4[c-]c(-n5nc(C)c(C6C(C)=C[C@H](C)C[C@@H]6C)c5CC(C)C)cc(C(C)(C)C)c4)ccc3c3ccccc32)c1.[Pt+2]. The Morgan fingerprint density at radius 3 is 2.43 bits per heavy atom. The van der Waals surface area contributed by atoms with Crippen LogP contribution in [0, 0.1) is 36.8 Å². The van der Waals surface area contributed by atoms with Gasteiger partial charge in [0.25, 0.3) is 0 Å². The summed E-state index contributed by atoms with van der Waals surface area (Å²) in [6.45, 7) is 22.8. The van der Waals surface area contributed by atoms with E-state index in [1.54, 1.807) is 0 Å². The van der Waals surface area contributed by atoms with Crippen molar-refractivity contribution in [3.63, 3.8) is 0 Å². The molecule has 278 valence electrons. The minimum Gasteiger partial charge on any atom is -0.509 e. The first-order chi connectivity index (χ1) is 24.8. The normalized spacial score (nSPS) is 17.7. The topological polar surface area (TPSA) is 44.9 Å². The summed E-state index contributed by atoms with van der Waals surface area (Å²) < 4.78 is 11.1. The molecule has 5 nitrogen and oxygen atoms in total. The molecule has 3 atom stereocenters. The Bertz CT molecular complexity index is 2280. The van der Waals surface area contributed by atoms with E-state index in [1.165, 1.54) is 39.8 Å². The predicted octanol–water partition coefficient (Wildman–Crippen LogP) is 12.2. The Morgan fingerprint density at radius 2 is 1.72 bits per heavy atom. The van der Waals surface area contributed by atoms with Crippen molar-refractivity contribution in [2.75, 3.05) is 0 Å². The van der Waals surface area contributed by atoms with Gasteiger partial charge in [-0.25, -0.2) is 4.98 Å². The van der Waals surface area contributed by atoms with Gasteiger partial charge in [0.1, 0.15) is 5.82 Å². The molecular weight excluding hydrogens is 832 g/mol. The van der Waals surface area contributed by atoms with Crippen LogP contribution >= 0.6 is 0 Å². The summed E-state index contributed by atoms with van der Waals surface area (Å²) in [7, 11) is 0. The molecule has 3 aromatic carbocycles. The molecule has 0 N–H and O–H groups in total. The molecule has 0 fully saturated rings. The van der Waals surface area contributed by atoms with Crippen molar-refractivity contribution in [3.8, 4) is 23.0 Å². The Kier molecular flexibility index (Phi) is 11.3. The third-order valence-corrected chi connectivity index (χ3v) is 10.7. The first-order valence-electron chi connectivity index (χ1n) is 19.3. The fourth-order valence-electron chi connectivity index (χ4n) is 8.53. The van der Waals surface area contributed by atoms with E-state index in [0.717, 1.165) is 52.9 Å². The molecule has 53 heavy (non-hydrogen) atoms. The fourth-order valence-corrected chi connectivity index (χ4v) is 8.53. The van der Waals surface area contributed by atoms with Crippen LogP contribution in [0.15, 0.2) is 78.5 Å². The van der Waals surface area contributed by atoms with Gasteiger partial charge in [0.15, 0.2) is 0 Å². The number of pyridine rings is 1. The van der Waals surface area contributed by atoms with Gasteiger partial charge in [-0.2, -0.15) is 11.2 Å². The number of rotatable bonds is 9. The van der Waals surface area contributed by atoms with Crippen LogP contribution < -0.4 is 4.74 Å². The van der Waals surface area contributed by atoms with E-state index < -0.39 is 0 Å². The molecule has 3 aromatic heterocycles. The van der Waals surface area contributed by atoms with Crippen LogP contribution in [0.1, 0.15) is 109 Å². The second-order valence-electron chi connectivity index (χ2n) is 16.7. The number of hydrogen-bond acceptors (Lipinski definition) is 3. The number of ether oxygens (including phenoxy) is 1. The van der Waals surface area contributed by atoms with Gasteiger partial charge in [0.05, 0.1) is 5.69 Å². The third-order valence-electron chi connectivity index (χ3n) is 10.7. The standard InChI is InChI=1S/C47H54N4O.Pt/c1-11-14-34-19-20-48-44(24-34)50-41-16-13-12-15-39(41)40-18-17-37(28-42(40)50)52-38-26-35(47(8,9)10)25-36(27-38)51-43(21-29(2)3)46(33(7)49-51)45-31(5)22-30(4)23-32(45)6;/h12-13,15-20,22,24-26,29-30,32,45H,11,14,21,23H2,1-10H3;/q-2;+2/t30-,32-,45?;/m0./s1. The molecule has 3 heterocycles. The number of nitrogens with zero attached hydrogens (tertiary/aromatic N) is 4. The number of aryl methyl sites for hydroxylation is 2. The van der Waals surface area contributed by atoms with Crippen molar-refractivity contribution in [1.29, 1.82) is 0 Å². The number of benzene rings is 3. The summed E-state index contributed by atoms with van der Waals surface area (Å²) in [5, 5.41) is 7.57. The number of fused-ring (bicyclic) bond motifs is 3. The molecule has 0 spiro atoms. The van der Waals surface area contributed by atoms with Crippen molar-refractivity contribution >= 4 is 21.8 Å². The smallest absolute Gasteiger partial charge is 0.509 e. The maximum absolute atomic E-state index is 6.76. The van der Waals surface area contributed by atoms with E-state index in [4.69, 9.17) is 14.8 Å². The summed E-state index contributed by atoms with van der Waals surface area (Å²) >= 11 is 0. The van der Waals surface area contributed by atoms with E-state index in [-0.39, 0.29) is 26.5 Å². The van der Waals surface area contributed by atoms with Crippen molar-refractivity contribution in [2.45, 2.75) is 106 Å². The largest absolute Gasteiger partial charge is 2.00 e. The molecule has 0 amide bonds. The molecule has 1 aliphatic rings. The Labute approximate surface area is 331 Å². The van der Waals surface area contributed by atoms with Crippen LogP contribution in [0.25, 0.3) is 33.3 Å². The van der Waals surface area contributed by atoms with Gasteiger partial charge >= 0.3 is 21.1 Å². The van der Waals surface area contributed by atoms with Crippen LogP contribution in [0.5, 0.6) is 11.5 Å². The Morgan fingerprint density at radius 1 is 0.943 bits per heavy atom. The van der Waals surface area contributed by atoms with Crippen molar-refractivity contribution < 1.29 is 25.8 Å². The van der Waals surface area contributed by atoms with Crippen LogP contribution in [-0.2, 0) is 39.3 Å². The van der Waals surface area contributed by atoms with E-state index in [0.29, 0.717) is 35.2 Å². The molecule has 6 aromatic rings. The van der Waals surface area contributed by atoms with Gasteiger partial charge < -0.3 is 9.30 Å². The molecule has 7 rings (SSSR count). The fraction of sp³-hybridized carbons (Fsp3) is 0.404. The quantitative estimate of drug-likeness (QED) is 0.107. The zero-order valence-electron chi connectivity index (χ0n) is 33.1. The average molecular weight is 886 g/mol. The minimum absolute atomic E-state index is 0. The first kappa shape index (κ1) is 38.8. The van der Waals surface area contributed by atoms with Crippen molar-refractivity contribution in [3.05, 3.63) is 119 Å². The van der Waals surface area contributed by atoms with Gasteiger partial charge in [0.2, 0.25) is 0 Å². The van der Waals surface area contributed by atoms with Gasteiger partial charge in [-0.05, 0) is 91.1 Å². The third kappa shape index (κ3) is 7.70. The zero-order chi connectivity index (χ0) is 36.9. The molecule has 0 bridgehead atoms. The average Bonchev–Trinajstić information content (AvgIpc) is 3.57. The van der Waals surface area contributed by atoms with E-state index in [9.17, 15) is 0 Å². The summed E-state index contributed by atoms with van der Waals surface area (Å²) in [5.41, 5.74) is 10.5. The minimum atomic E-state index is -0.117. The predicted molar refractivity (Wildman–Crippen MR) is 215 cm³/mol. The molecule has 0 saturated heterocycles. The Hall–Kier alpha value is -3.95. The second-order valence-corrected chi connectivity index (χ2v) is 16.7. The number of aromatic nitrogens is 4. The van der Waals surface area contributed by atoms with Gasteiger partial charge in [-0.15, -0.1) is 41.3 Å². The zero-order valence-corrected chi connectivity index (χ0v) is 35.4. The maximum Gasteiger partial charge on any atom is 2.00 e. The van der Waals surface area contributed by atoms with Gasteiger partial charge in [0, 0.05) is 40.4 Å². The molecule has 6 heteroatoms. The molecule has 0 radical (unpaired) electrons. The molecule has 1 unspecified atom stereocenters. The van der Waals surface area contributed by atoms with Crippen LogP contribution in [0.4, 0.5) is 0 Å². The van der Waals surface area contributed by atoms with Crippen molar-refractivity contribution in [2.24, 2.45) is 17.8 Å². The molecule has 0 aliphatic heterocycles. The Balaban J connectivity index is 0.00000481. The van der Waals surface area contributed by atoms with E-state index >= 15 is 0 Å². The van der Waals surface area contributed by atoms with Crippen LogP contribution in [0.2, 0.25) is 0 Å². The first-order valence-corrected chi connectivity index (χ1v) is 19.3. The van der Waals surface area contributed by atoms with E-state index in [2.05, 4.69) is 151 Å². The molecule has 0 saturated carbocycles. The molecule has 1 aliphatic carbocycles. The maximum atomic E-state index is 6.76. The number of para-hydroxylation sites is 1. The second kappa shape index (κ2) is 15.4. The summed E-state index contributed by atoms with van der Waals surface area (Å²) in [6, 6.07) is 28.7. The number of allylic oxidation sites excluding steroid dienone is 2. The monoisotopic (exact) mass is 885 g/mol. The van der Waals surface area contributed by atoms with Crippen molar-refractivity contribution in [1.82, 2.24) is 19.3 Å². The van der Waals surface area contributed by atoms with Crippen LogP contribution in [-0.4, -0.2) is 19.3 Å². The van der Waals surface area contributed by atoms with E-state index in [1.807, 2.05) is 12.3 Å². The van der Waals surface area contributed by atoms with Gasteiger partial charge in [-0.1, -0.05) is 97.2 Å². The molecular formula is C47H54N4OPt. The van der Waals surface area contributed by atoms with Crippen LogP contribution in [0.3, 0.4) is 0 Å². The number of hydrogen-bond donors (Lipinski definition) is 0.